The Morgan fingerprint density at radius 2 is 2.09 bits per heavy atom. The van der Waals surface area contributed by atoms with E-state index in [0.29, 0.717) is 37.3 Å². The number of methoxy groups -OCH3 is 1. The SMILES string of the molecule is CN=C(NCCCOCCOC)NCc1nc(C(F)(F)F)cs1. The van der Waals surface area contributed by atoms with Gasteiger partial charge in [-0.1, -0.05) is 0 Å². The van der Waals surface area contributed by atoms with Crippen LogP contribution in [0.15, 0.2) is 10.4 Å². The first-order chi connectivity index (χ1) is 11.0. The highest BCUT2D eigenvalue weighted by atomic mass is 32.1. The number of halogens is 3. The lowest BCUT2D eigenvalue weighted by Crippen LogP contribution is -2.37. The Morgan fingerprint density at radius 3 is 2.70 bits per heavy atom. The second-order valence-corrected chi connectivity index (χ2v) is 5.38. The first kappa shape index (κ1) is 19.7. The van der Waals surface area contributed by atoms with Crippen LogP contribution < -0.4 is 10.6 Å². The van der Waals surface area contributed by atoms with Crippen molar-refractivity contribution >= 4 is 17.3 Å². The monoisotopic (exact) mass is 354 g/mol. The molecule has 0 saturated heterocycles. The average Bonchev–Trinajstić information content (AvgIpc) is 2.98. The summed E-state index contributed by atoms with van der Waals surface area (Å²) in [5, 5.41) is 7.32. The Kier molecular flexibility index (Phi) is 8.89. The maximum atomic E-state index is 12.5. The summed E-state index contributed by atoms with van der Waals surface area (Å²) >= 11 is 0.960. The van der Waals surface area contributed by atoms with Crippen LogP contribution in [-0.2, 0) is 22.2 Å². The molecule has 132 valence electrons. The second-order valence-electron chi connectivity index (χ2n) is 4.44. The summed E-state index contributed by atoms with van der Waals surface area (Å²) in [6.45, 7) is 2.53. The number of hydrogen-bond acceptors (Lipinski definition) is 5. The van der Waals surface area contributed by atoms with E-state index in [1.54, 1.807) is 14.2 Å². The fourth-order valence-corrected chi connectivity index (χ4v) is 2.27. The molecule has 0 amide bonds. The van der Waals surface area contributed by atoms with E-state index in [4.69, 9.17) is 9.47 Å². The molecule has 0 bridgehead atoms. The van der Waals surface area contributed by atoms with Gasteiger partial charge in [-0.2, -0.15) is 13.2 Å². The zero-order chi connectivity index (χ0) is 17.1. The number of guanidine groups is 1. The van der Waals surface area contributed by atoms with E-state index in [2.05, 4.69) is 20.6 Å². The zero-order valence-electron chi connectivity index (χ0n) is 13.1. The molecule has 0 atom stereocenters. The number of ether oxygens (including phenoxy) is 2. The van der Waals surface area contributed by atoms with Gasteiger partial charge in [0.2, 0.25) is 0 Å². The summed E-state index contributed by atoms with van der Waals surface area (Å²) in [4.78, 5) is 7.54. The second kappa shape index (κ2) is 10.4. The Bertz CT molecular complexity index is 480. The number of nitrogens with one attached hydrogen (secondary N) is 2. The standard InChI is InChI=1S/C13H21F3N4O2S/c1-17-12(18-4-3-5-22-7-6-21-2)19-8-11-20-10(9-23-11)13(14,15)16/h9H,3-8H2,1-2H3,(H2,17,18,19). The van der Waals surface area contributed by atoms with Crippen molar-refractivity contribution in [2.45, 2.75) is 19.1 Å². The number of thiazole rings is 1. The topological polar surface area (TPSA) is 67.8 Å². The molecule has 1 heterocycles. The van der Waals surface area contributed by atoms with Gasteiger partial charge in [-0.15, -0.1) is 11.3 Å². The predicted octanol–water partition coefficient (Wildman–Crippen LogP) is 1.88. The summed E-state index contributed by atoms with van der Waals surface area (Å²) in [5.41, 5.74) is -0.865. The summed E-state index contributed by atoms with van der Waals surface area (Å²) in [6.07, 6.45) is -3.63. The maximum absolute atomic E-state index is 12.5. The van der Waals surface area contributed by atoms with E-state index in [9.17, 15) is 13.2 Å². The molecule has 6 nitrogen and oxygen atoms in total. The van der Waals surface area contributed by atoms with Crippen LogP contribution in [0.3, 0.4) is 0 Å². The third-order valence-electron chi connectivity index (χ3n) is 2.66. The highest BCUT2D eigenvalue weighted by Crippen LogP contribution is 2.29. The number of aliphatic imine (C=N–C) groups is 1. The number of hydrogen-bond donors (Lipinski definition) is 2. The minimum atomic E-state index is -4.41. The van der Waals surface area contributed by atoms with Crippen LogP contribution in [0, 0.1) is 0 Å². The zero-order valence-corrected chi connectivity index (χ0v) is 13.9. The molecule has 0 unspecified atom stereocenters. The number of nitrogens with zero attached hydrogens (tertiary/aromatic N) is 2. The van der Waals surface area contributed by atoms with E-state index in [1.807, 2.05) is 0 Å². The number of aromatic nitrogens is 1. The summed E-state index contributed by atoms with van der Waals surface area (Å²) in [6, 6.07) is 0. The van der Waals surface area contributed by atoms with Crippen molar-refractivity contribution in [3.05, 3.63) is 16.1 Å². The minimum Gasteiger partial charge on any atom is -0.382 e. The van der Waals surface area contributed by atoms with Crippen LogP contribution in [0.4, 0.5) is 13.2 Å². The van der Waals surface area contributed by atoms with Crippen LogP contribution in [0.1, 0.15) is 17.1 Å². The predicted molar refractivity (Wildman–Crippen MR) is 82.6 cm³/mol. The van der Waals surface area contributed by atoms with Gasteiger partial charge in [0.25, 0.3) is 0 Å². The van der Waals surface area contributed by atoms with Crippen molar-refractivity contribution in [1.82, 2.24) is 15.6 Å². The van der Waals surface area contributed by atoms with Crippen LogP contribution in [0.2, 0.25) is 0 Å². The van der Waals surface area contributed by atoms with Gasteiger partial charge in [0.05, 0.1) is 19.8 Å². The van der Waals surface area contributed by atoms with Crippen molar-refractivity contribution in [2.24, 2.45) is 4.99 Å². The Balaban J connectivity index is 2.23. The van der Waals surface area contributed by atoms with Crippen molar-refractivity contribution in [2.75, 3.05) is 40.5 Å². The molecule has 10 heteroatoms. The quantitative estimate of drug-likeness (QED) is 0.403. The summed E-state index contributed by atoms with van der Waals surface area (Å²) in [5.74, 6) is 0.505. The maximum Gasteiger partial charge on any atom is 0.434 e. The molecule has 0 spiro atoms. The molecule has 1 aromatic heterocycles. The molecule has 0 saturated carbocycles. The highest BCUT2D eigenvalue weighted by molar-refractivity contribution is 7.09. The van der Waals surface area contributed by atoms with Gasteiger partial charge in [-0.25, -0.2) is 4.98 Å². The molecule has 0 aromatic carbocycles. The Hall–Kier alpha value is -1.39. The van der Waals surface area contributed by atoms with Gasteiger partial charge in [0, 0.05) is 32.7 Å². The van der Waals surface area contributed by atoms with Gasteiger partial charge >= 0.3 is 6.18 Å². The number of rotatable bonds is 9. The fraction of sp³-hybridized carbons (Fsp3) is 0.692. The minimum absolute atomic E-state index is 0.185. The van der Waals surface area contributed by atoms with Gasteiger partial charge < -0.3 is 20.1 Å². The largest absolute Gasteiger partial charge is 0.434 e. The van der Waals surface area contributed by atoms with Crippen molar-refractivity contribution in [3.63, 3.8) is 0 Å². The normalized spacial score (nSPS) is 12.5. The van der Waals surface area contributed by atoms with Gasteiger partial charge in [-0.05, 0) is 6.42 Å². The van der Waals surface area contributed by atoms with Gasteiger partial charge in [0.15, 0.2) is 11.7 Å². The first-order valence-corrected chi connectivity index (χ1v) is 7.88. The van der Waals surface area contributed by atoms with Gasteiger partial charge in [0.1, 0.15) is 5.01 Å². The molecule has 23 heavy (non-hydrogen) atoms. The lowest BCUT2D eigenvalue weighted by atomic mass is 10.4. The molecule has 1 rings (SSSR count). The Morgan fingerprint density at radius 1 is 1.30 bits per heavy atom. The highest BCUT2D eigenvalue weighted by Gasteiger charge is 2.33. The van der Waals surface area contributed by atoms with Crippen molar-refractivity contribution in [1.29, 1.82) is 0 Å². The molecular formula is C13H21F3N4O2S. The molecule has 0 aliphatic heterocycles. The van der Waals surface area contributed by atoms with E-state index >= 15 is 0 Å². The van der Waals surface area contributed by atoms with E-state index in [-0.39, 0.29) is 6.54 Å². The van der Waals surface area contributed by atoms with Crippen LogP contribution in [0.25, 0.3) is 0 Å². The Labute approximate surface area is 137 Å². The van der Waals surface area contributed by atoms with Crippen molar-refractivity contribution < 1.29 is 22.6 Å². The molecule has 0 fully saturated rings. The molecule has 0 aliphatic carbocycles. The van der Waals surface area contributed by atoms with Crippen LogP contribution >= 0.6 is 11.3 Å². The fourth-order valence-electron chi connectivity index (χ4n) is 1.53. The van der Waals surface area contributed by atoms with E-state index < -0.39 is 11.9 Å². The molecule has 0 radical (unpaired) electrons. The van der Waals surface area contributed by atoms with Crippen molar-refractivity contribution in [3.8, 4) is 0 Å². The first-order valence-electron chi connectivity index (χ1n) is 7.00. The molecule has 1 aromatic rings. The summed E-state index contributed by atoms with van der Waals surface area (Å²) in [7, 11) is 3.20. The number of alkyl halides is 3. The lowest BCUT2D eigenvalue weighted by Gasteiger charge is -2.11. The van der Waals surface area contributed by atoms with E-state index in [1.165, 1.54) is 0 Å². The van der Waals surface area contributed by atoms with Crippen LogP contribution in [-0.4, -0.2) is 51.5 Å². The lowest BCUT2D eigenvalue weighted by molar-refractivity contribution is -0.140. The average molecular weight is 354 g/mol. The van der Waals surface area contributed by atoms with E-state index in [0.717, 1.165) is 23.1 Å². The smallest absolute Gasteiger partial charge is 0.382 e. The summed E-state index contributed by atoms with van der Waals surface area (Å²) < 4.78 is 47.5. The third kappa shape index (κ3) is 8.14. The third-order valence-corrected chi connectivity index (χ3v) is 3.51. The molecule has 2 N–H and O–H groups in total. The molecule has 0 aliphatic rings. The van der Waals surface area contributed by atoms with Crippen LogP contribution in [0.5, 0.6) is 0 Å². The molecular weight excluding hydrogens is 333 g/mol. The van der Waals surface area contributed by atoms with Gasteiger partial charge in [-0.3, -0.25) is 4.99 Å².